The largest absolute Gasteiger partial charge is 0.497 e. The van der Waals surface area contributed by atoms with E-state index in [2.05, 4.69) is 0 Å². The number of halogens is 1. The summed E-state index contributed by atoms with van der Waals surface area (Å²) in [7, 11) is 4.92. The molecule has 2 aromatic rings. The SMILES string of the molecule is COc1ccc(CN(C)C(=O)c2ccccc2Cl)c(OC)c1. The molecule has 0 N–H and O–H groups in total. The van der Waals surface area contributed by atoms with Crippen LogP contribution in [0.1, 0.15) is 15.9 Å². The highest BCUT2D eigenvalue weighted by molar-refractivity contribution is 6.33. The summed E-state index contributed by atoms with van der Waals surface area (Å²) in [5.74, 6) is 1.25. The minimum Gasteiger partial charge on any atom is -0.497 e. The number of hydrogen-bond acceptors (Lipinski definition) is 3. The molecule has 0 aliphatic rings. The molecule has 0 aromatic heterocycles. The van der Waals surface area contributed by atoms with Crippen molar-refractivity contribution in [1.29, 1.82) is 0 Å². The standard InChI is InChI=1S/C17H18ClNO3/c1-19(17(20)14-6-4-5-7-15(14)18)11-12-8-9-13(21-2)10-16(12)22-3/h4-10H,11H2,1-3H3. The number of methoxy groups -OCH3 is 2. The van der Waals surface area contributed by atoms with Gasteiger partial charge >= 0.3 is 0 Å². The van der Waals surface area contributed by atoms with Gasteiger partial charge in [0.25, 0.3) is 5.91 Å². The Kier molecular flexibility index (Phi) is 5.28. The van der Waals surface area contributed by atoms with E-state index in [1.165, 1.54) is 0 Å². The van der Waals surface area contributed by atoms with Gasteiger partial charge in [-0.2, -0.15) is 0 Å². The first-order valence-corrected chi connectivity index (χ1v) is 7.15. The number of benzene rings is 2. The quantitative estimate of drug-likeness (QED) is 0.844. The molecule has 2 aromatic carbocycles. The monoisotopic (exact) mass is 319 g/mol. The summed E-state index contributed by atoms with van der Waals surface area (Å²) in [6, 6.07) is 12.5. The summed E-state index contributed by atoms with van der Waals surface area (Å²) in [4.78, 5) is 14.1. The Labute approximate surface area is 135 Å². The highest BCUT2D eigenvalue weighted by Gasteiger charge is 2.16. The summed E-state index contributed by atoms with van der Waals surface area (Å²) in [6.45, 7) is 0.414. The second-order valence-corrected chi connectivity index (χ2v) is 5.23. The summed E-state index contributed by atoms with van der Waals surface area (Å²) < 4.78 is 10.5. The summed E-state index contributed by atoms with van der Waals surface area (Å²) in [5.41, 5.74) is 1.38. The van der Waals surface area contributed by atoms with Crippen LogP contribution in [0, 0.1) is 0 Å². The van der Waals surface area contributed by atoms with Crippen molar-refractivity contribution in [1.82, 2.24) is 4.90 Å². The van der Waals surface area contributed by atoms with Crippen LogP contribution in [0.5, 0.6) is 11.5 Å². The second-order valence-electron chi connectivity index (χ2n) is 4.82. The highest BCUT2D eigenvalue weighted by Crippen LogP contribution is 2.26. The van der Waals surface area contributed by atoms with Gasteiger partial charge in [-0.25, -0.2) is 0 Å². The average molecular weight is 320 g/mol. The Bertz CT molecular complexity index is 673. The molecule has 0 saturated carbocycles. The Morgan fingerprint density at radius 1 is 1.14 bits per heavy atom. The van der Waals surface area contributed by atoms with Crippen molar-refractivity contribution in [2.45, 2.75) is 6.54 Å². The zero-order valence-corrected chi connectivity index (χ0v) is 13.6. The van der Waals surface area contributed by atoms with Crippen molar-refractivity contribution in [3.05, 3.63) is 58.6 Å². The summed E-state index contributed by atoms with van der Waals surface area (Å²) in [5, 5.41) is 0.445. The molecule has 0 fully saturated rings. The van der Waals surface area contributed by atoms with Gasteiger partial charge in [-0.05, 0) is 24.3 Å². The van der Waals surface area contributed by atoms with Gasteiger partial charge < -0.3 is 14.4 Å². The fourth-order valence-corrected chi connectivity index (χ4v) is 2.37. The number of nitrogens with zero attached hydrogens (tertiary/aromatic N) is 1. The van der Waals surface area contributed by atoms with Gasteiger partial charge in [-0.15, -0.1) is 0 Å². The van der Waals surface area contributed by atoms with Crippen molar-refractivity contribution in [2.75, 3.05) is 21.3 Å². The van der Waals surface area contributed by atoms with Crippen LogP contribution < -0.4 is 9.47 Å². The molecule has 0 unspecified atom stereocenters. The Morgan fingerprint density at radius 2 is 1.86 bits per heavy atom. The van der Waals surface area contributed by atoms with E-state index in [1.807, 2.05) is 12.1 Å². The van der Waals surface area contributed by atoms with E-state index in [-0.39, 0.29) is 5.91 Å². The van der Waals surface area contributed by atoms with E-state index < -0.39 is 0 Å². The minimum absolute atomic E-state index is 0.136. The smallest absolute Gasteiger partial charge is 0.255 e. The lowest BCUT2D eigenvalue weighted by Crippen LogP contribution is -2.26. The highest BCUT2D eigenvalue weighted by atomic mass is 35.5. The molecule has 0 radical (unpaired) electrons. The molecule has 0 aliphatic carbocycles. The number of hydrogen-bond donors (Lipinski definition) is 0. The zero-order valence-electron chi connectivity index (χ0n) is 12.8. The first kappa shape index (κ1) is 16.2. The molecule has 0 spiro atoms. The molecule has 0 atom stereocenters. The van der Waals surface area contributed by atoms with Crippen LogP contribution in [0.15, 0.2) is 42.5 Å². The number of rotatable bonds is 5. The Hall–Kier alpha value is -2.20. The van der Waals surface area contributed by atoms with E-state index in [0.717, 1.165) is 5.56 Å². The minimum atomic E-state index is -0.136. The van der Waals surface area contributed by atoms with Crippen LogP contribution in [0.4, 0.5) is 0 Å². The van der Waals surface area contributed by atoms with Crippen LogP contribution in [0.3, 0.4) is 0 Å². The number of amides is 1. The van der Waals surface area contributed by atoms with Crippen molar-refractivity contribution in [3.8, 4) is 11.5 Å². The maximum absolute atomic E-state index is 12.5. The molecule has 0 bridgehead atoms. The van der Waals surface area contributed by atoms with E-state index in [4.69, 9.17) is 21.1 Å². The molecular weight excluding hydrogens is 302 g/mol. The first-order chi connectivity index (χ1) is 10.6. The third-order valence-electron chi connectivity index (χ3n) is 3.35. The molecule has 0 aliphatic heterocycles. The molecule has 22 heavy (non-hydrogen) atoms. The number of carbonyl (C=O) groups excluding carboxylic acids is 1. The Morgan fingerprint density at radius 3 is 2.50 bits per heavy atom. The lowest BCUT2D eigenvalue weighted by molar-refractivity contribution is 0.0784. The maximum atomic E-state index is 12.5. The fourth-order valence-electron chi connectivity index (χ4n) is 2.15. The fraction of sp³-hybridized carbons (Fsp3) is 0.235. The molecule has 2 rings (SSSR count). The summed E-state index contributed by atoms with van der Waals surface area (Å²) in [6.07, 6.45) is 0. The van der Waals surface area contributed by atoms with E-state index in [1.54, 1.807) is 56.5 Å². The lowest BCUT2D eigenvalue weighted by atomic mass is 10.1. The van der Waals surface area contributed by atoms with Gasteiger partial charge in [-0.1, -0.05) is 23.7 Å². The number of ether oxygens (including phenoxy) is 2. The van der Waals surface area contributed by atoms with Gasteiger partial charge in [0.05, 0.1) is 24.8 Å². The lowest BCUT2D eigenvalue weighted by Gasteiger charge is -2.20. The number of carbonyl (C=O) groups is 1. The van der Waals surface area contributed by atoms with Crippen LogP contribution in [0.2, 0.25) is 5.02 Å². The van der Waals surface area contributed by atoms with E-state index >= 15 is 0 Å². The van der Waals surface area contributed by atoms with Gasteiger partial charge in [0, 0.05) is 25.2 Å². The van der Waals surface area contributed by atoms with E-state index in [0.29, 0.717) is 28.6 Å². The van der Waals surface area contributed by atoms with Crippen LogP contribution in [-0.4, -0.2) is 32.1 Å². The van der Waals surface area contributed by atoms with Crippen molar-refractivity contribution >= 4 is 17.5 Å². The molecule has 4 nitrogen and oxygen atoms in total. The Balaban J connectivity index is 2.20. The molecular formula is C17H18ClNO3. The molecule has 0 heterocycles. The molecule has 1 amide bonds. The van der Waals surface area contributed by atoms with Crippen molar-refractivity contribution in [3.63, 3.8) is 0 Å². The third-order valence-corrected chi connectivity index (χ3v) is 3.68. The van der Waals surface area contributed by atoms with Crippen LogP contribution in [0.25, 0.3) is 0 Å². The van der Waals surface area contributed by atoms with Crippen molar-refractivity contribution < 1.29 is 14.3 Å². The van der Waals surface area contributed by atoms with Gasteiger partial charge in [-0.3, -0.25) is 4.79 Å². The topological polar surface area (TPSA) is 38.8 Å². The maximum Gasteiger partial charge on any atom is 0.255 e. The van der Waals surface area contributed by atoms with Crippen LogP contribution >= 0.6 is 11.6 Å². The summed E-state index contributed by atoms with van der Waals surface area (Å²) >= 11 is 6.08. The molecule has 116 valence electrons. The predicted octanol–water partition coefficient (Wildman–Crippen LogP) is 3.63. The first-order valence-electron chi connectivity index (χ1n) is 6.77. The van der Waals surface area contributed by atoms with Gasteiger partial charge in [0.2, 0.25) is 0 Å². The third kappa shape index (κ3) is 3.52. The molecule has 0 saturated heterocycles. The molecule has 5 heteroatoms. The van der Waals surface area contributed by atoms with E-state index in [9.17, 15) is 4.79 Å². The second kappa shape index (κ2) is 7.18. The van der Waals surface area contributed by atoms with Crippen LogP contribution in [-0.2, 0) is 6.54 Å². The normalized spacial score (nSPS) is 10.2. The zero-order chi connectivity index (χ0) is 16.1. The van der Waals surface area contributed by atoms with Crippen molar-refractivity contribution in [2.24, 2.45) is 0 Å². The average Bonchev–Trinajstić information content (AvgIpc) is 2.55. The predicted molar refractivity (Wildman–Crippen MR) is 86.8 cm³/mol. The van der Waals surface area contributed by atoms with Gasteiger partial charge in [0.15, 0.2) is 0 Å². The van der Waals surface area contributed by atoms with Gasteiger partial charge in [0.1, 0.15) is 11.5 Å².